The molecule has 1 aliphatic heterocycles. The van der Waals surface area contributed by atoms with Gasteiger partial charge in [0.1, 0.15) is 30.2 Å². The molecule has 1 aromatic carbocycles. The Labute approximate surface area is 119 Å². The van der Waals surface area contributed by atoms with Crippen LogP contribution in [0.15, 0.2) is 24.3 Å². The molecule has 1 aliphatic rings. The fourth-order valence-electron chi connectivity index (χ4n) is 1.97. The van der Waals surface area contributed by atoms with Crippen molar-refractivity contribution in [3.8, 4) is 5.75 Å². The standard InChI is InChI=1S/C13H16O8/c14-5-8-9(15)10(16)11(17)13(21-8)20-7-3-1-6(2-4-7)12(18)19/h1-4,8-11,13-17H,5H2,(H,18,19)/t8-,9+,10+,11-,13-/m0/s1. The Morgan fingerprint density at radius 3 is 2.24 bits per heavy atom. The molecule has 0 aromatic heterocycles. The summed E-state index contributed by atoms with van der Waals surface area (Å²) in [6.07, 6.45) is -6.86. The van der Waals surface area contributed by atoms with Crippen LogP contribution < -0.4 is 4.74 Å². The van der Waals surface area contributed by atoms with Crippen LogP contribution in [0.25, 0.3) is 0 Å². The Morgan fingerprint density at radius 1 is 1.10 bits per heavy atom. The van der Waals surface area contributed by atoms with Crippen LogP contribution in [0.4, 0.5) is 0 Å². The van der Waals surface area contributed by atoms with Gasteiger partial charge in [0, 0.05) is 0 Å². The minimum atomic E-state index is -1.53. The minimum Gasteiger partial charge on any atom is -0.478 e. The molecule has 1 fully saturated rings. The summed E-state index contributed by atoms with van der Waals surface area (Å²) in [5, 5.41) is 46.9. The van der Waals surface area contributed by atoms with Gasteiger partial charge < -0.3 is 35.0 Å². The van der Waals surface area contributed by atoms with Crippen LogP contribution in [0.3, 0.4) is 0 Å². The van der Waals surface area contributed by atoms with Gasteiger partial charge in [-0.3, -0.25) is 0 Å². The van der Waals surface area contributed by atoms with Crippen molar-refractivity contribution in [3.63, 3.8) is 0 Å². The van der Waals surface area contributed by atoms with Crippen molar-refractivity contribution in [1.29, 1.82) is 0 Å². The second-order valence-electron chi connectivity index (χ2n) is 4.64. The second-order valence-corrected chi connectivity index (χ2v) is 4.64. The van der Waals surface area contributed by atoms with Crippen molar-refractivity contribution >= 4 is 5.97 Å². The molecule has 0 aliphatic carbocycles. The summed E-state index contributed by atoms with van der Waals surface area (Å²) in [5.74, 6) is -0.876. The van der Waals surface area contributed by atoms with Gasteiger partial charge in [-0.1, -0.05) is 0 Å². The number of carboxylic acid groups (broad SMARTS) is 1. The molecule has 5 atom stereocenters. The van der Waals surface area contributed by atoms with Crippen LogP contribution in [0.1, 0.15) is 10.4 Å². The Bertz CT molecular complexity index is 485. The lowest BCUT2D eigenvalue weighted by atomic mass is 9.99. The first-order valence-corrected chi connectivity index (χ1v) is 6.24. The molecule has 1 saturated heterocycles. The average Bonchev–Trinajstić information content (AvgIpc) is 2.48. The largest absolute Gasteiger partial charge is 0.478 e. The van der Waals surface area contributed by atoms with Crippen molar-refractivity contribution in [3.05, 3.63) is 29.8 Å². The predicted molar refractivity (Wildman–Crippen MR) is 67.8 cm³/mol. The van der Waals surface area contributed by atoms with E-state index in [-0.39, 0.29) is 11.3 Å². The van der Waals surface area contributed by atoms with Crippen molar-refractivity contribution in [2.24, 2.45) is 0 Å². The molecule has 116 valence electrons. The van der Waals surface area contributed by atoms with E-state index >= 15 is 0 Å². The van der Waals surface area contributed by atoms with Gasteiger partial charge in [0.05, 0.1) is 12.2 Å². The number of carbonyl (C=O) groups is 1. The van der Waals surface area contributed by atoms with Gasteiger partial charge in [0.2, 0.25) is 6.29 Å². The third kappa shape index (κ3) is 3.31. The van der Waals surface area contributed by atoms with Gasteiger partial charge in [0.25, 0.3) is 0 Å². The summed E-state index contributed by atoms with van der Waals surface area (Å²) in [7, 11) is 0. The molecule has 5 N–H and O–H groups in total. The smallest absolute Gasteiger partial charge is 0.335 e. The maximum atomic E-state index is 10.7. The summed E-state index contributed by atoms with van der Waals surface area (Å²) < 4.78 is 10.5. The predicted octanol–water partition coefficient (Wildman–Crippen LogP) is -1.44. The summed E-state index contributed by atoms with van der Waals surface area (Å²) in [6, 6.07) is 5.35. The normalized spacial score (nSPS) is 32.7. The number of benzene rings is 1. The van der Waals surface area contributed by atoms with E-state index in [1.807, 2.05) is 0 Å². The molecule has 1 heterocycles. The first-order valence-electron chi connectivity index (χ1n) is 6.24. The molecule has 8 nitrogen and oxygen atoms in total. The van der Waals surface area contributed by atoms with Crippen LogP contribution in [-0.2, 0) is 4.74 Å². The molecule has 8 heteroatoms. The zero-order chi connectivity index (χ0) is 15.6. The Balaban J connectivity index is 2.08. The van der Waals surface area contributed by atoms with Crippen molar-refractivity contribution in [2.45, 2.75) is 30.7 Å². The van der Waals surface area contributed by atoms with Crippen LogP contribution in [0.2, 0.25) is 0 Å². The van der Waals surface area contributed by atoms with E-state index in [0.29, 0.717) is 0 Å². The molecule has 0 unspecified atom stereocenters. The fourth-order valence-corrected chi connectivity index (χ4v) is 1.97. The van der Waals surface area contributed by atoms with E-state index in [2.05, 4.69) is 0 Å². The number of aliphatic hydroxyl groups is 4. The van der Waals surface area contributed by atoms with Gasteiger partial charge in [-0.2, -0.15) is 0 Å². The van der Waals surface area contributed by atoms with E-state index in [9.17, 15) is 20.1 Å². The first kappa shape index (κ1) is 15.7. The highest BCUT2D eigenvalue weighted by Gasteiger charge is 2.44. The first-order chi connectivity index (χ1) is 9.93. The molecule has 0 spiro atoms. The highest BCUT2D eigenvalue weighted by atomic mass is 16.7. The summed E-state index contributed by atoms with van der Waals surface area (Å²) in [4.78, 5) is 10.7. The average molecular weight is 300 g/mol. The van der Waals surface area contributed by atoms with Crippen LogP contribution in [-0.4, -0.2) is 68.8 Å². The molecular weight excluding hydrogens is 284 g/mol. The lowest BCUT2D eigenvalue weighted by Gasteiger charge is -2.39. The maximum absolute atomic E-state index is 10.7. The Morgan fingerprint density at radius 2 is 1.71 bits per heavy atom. The minimum absolute atomic E-state index is 0.0659. The molecule has 2 rings (SSSR count). The number of hydrogen-bond donors (Lipinski definition) is 5. The monoisotopic (exact) mass is 300 g/mol. The number of rotatable bonds is 4. The Kier molecular flexibility index (Phi) is 4.76. The third-order valence-electron chi connectivity index (χ3n) is 3.20. The highest BCUT2D eigenvalue weighted by Crippen LogP contribution is 2.24. The van der Waals surface area contributed by atoms with Gasteiger partial charge in [-0.25, -0.2) is 4.79 Å². The van der Waals surface area contributed by atoms with Gasteiger partial charge >= 0.3 is 5.97 Å². The van der Waals surface area contributed by atoms with Crippen molar-refractivity contribution in [1.82, 2.24) is 0 Å². The molecule has 1 aromatic rings. The zero-order valence-electron chi connectivity index (χ0n) is 10.9. The number of aliphatic hydroxyl groups excluding tert-OH is 4. The van der Waals surface area contributed by atoms with Crippen LogP contribution >= 0.6 is 0 Å². The molecule has 0 bridgehead atoms. The summed E-state index contributed by atoms with van der Waals surface area (Å²) >= 11 is 0. The maximum Gasteiger partial charge on any atom is 0.335 e. The van der Waals surface area contributed by atoms with Crippen molar-refractivity contribution < 1.29 is 39.8 Å². The summed E-state index contributed by atoms with van der Waals surface area (Å²) in [6.45, 7) is -0.553. The van der Waals surface area contributed by atoms with E-state index in [4.69, 9.17) is 19.7 Å². The molecular formula is C13H16O8. The highest BCUT2D eigenvalue weighted by molar-refractivity contribution is 5.87. The fraction of sp³-hybridized carbons (Fsp3) is 0.462. The van der Waals surface area contributed by atoms with E-state index in [1.54, 1.807) is 0 Å². The quantitative estimate of drug-likeness (QED) is 0.456. The molecule has 0 amide bonds. The van der Waals surface area contributed by atoms with Crippen molar-refractivity contribution in [2.75, 3.05) is 6.61 Å². The topological polar surface area (TPSA) is 137 Å². The molecule has 0 saturated carbocycles. The van der Waals surface area contributed by atoms with Gasteiger partial charge in [-0.15, -0.1) is 0 Å². The number of hydrogen-bond acceptors (Lipinski definition) is 7. The lowest BCUT2D eigenvalue weighted by Crippen LogP contribution is -2.60. The number of carboxylic acids is 1. The molecule has 21 heavy (non-hydrogen) atoms. The third-order valence-corrected chi connectivity index (χ3v) is 3.20. The van der Waals surface area contributed by atoms with E-state index < -0.39 is 43.3 Å². The lowest BCUT2D eigenvalue weighted by molar-refractivity contribution is -0.277. The van der Waals surface area contributed by atoms with Gasteiger partial charge in [0.15, 0.2) is 0 Å². The Hall–Kier alpha value is -1.71. The number of ether oxygens (including phenoxy) is 2. The molecule has 0 radical (unpaired) electrons. The van der Waals surface area contributed by atoms with Crippen LogP contribution in [0.5, 0.6) is 5.75 Å². The van der Waals surface area contributed by atoms with Gasteiger partial charge in [-0.05, 0) is 24.3 Å². The van der Waals surface area contributed by atoms with E-state index in [0.717, 1.165) is 0 Å². The van der Waals surface area contributed by atoms with Crippen LogP contribution in [0, 0.1) is 0 Å². The zero-order valence-corrected chi connectivity index (χ0v) is 10.9. The SMILES string of the molecule is O=C(O)c1ccc(O[C@H]2O[C@@H](CO)[C@@H](O)[C@@H](O)[C@@H]2O)cc1. The van der Waals surface area contributed by atoms with E-state index in [1.165, 1.54) is 24.3 Å². The summed E-state index contributed by atoms with van der Waals surface area (Å²) in [5.41, 5.74) is 0.0659. The number of aromatic carboxylic acids is 1. The second kappa shape index (κ2) is 6.37.